The van der Waals surface area contributed by atoms with Crippen molar-refractivity contribution in [2.45, 2.75) is 90.9 Å². The second-order valence-corrected chi connectivity index (χ2v) is 8.83. The quantitative estimate of drug-likeness (QED) is 0.255. The van der Waals surface area contributed by atoms with Crippen LogP contribution in [0.15, 0.2) is 47.2 Å². The lowest BCUT2D eigenvalue weighted by molar-refractivity contribution is 0.317. The Morgan fingerprint density at radius 2 is 1.62 bits per heavy atom. The van der Waals surface area contributed by atoms with Crippen LogP contribution in [0, 0.1) is 0 Å². The molecule has 0 bridgehead atoms. The summed E-state index contributed by atoms with van der Waals surface area (Å²) < 4.78 is 5.98. The molecule has 0 spiro atoms. The summed E-state index contributed by atoms with van der Waals surface area (Å²) in [5.74, 6) is 0.885. The van der Waals surface area contributed by atoms with Gasteiger partial charge >= 0.3 is 0 Å². The van der Waals surface area contributed by atoms with E-state index in [2.05, 4.69) is 54.2 Å². The van der Waals surface area contributed by atoms with Crippen molar-refractivity contribution in [3.05, 3.63) is 47.9 Å². The van der Waals surface area contributed by atoms with Crippen LogP contribution in [-0.2, 0) is 0 Å². The molecule has 2 N–H and O–H groups in total. The average Bonchev–Trinajstić information content (AvgIpc) is 3.55. The van der Waals surface area contributed by atoms with Gasteiger partial charge in [-0.3, -0.25) is 4.99 Å². The van der Waals surface area contributed by atoms with E-state index in [-0.39, 0.29) is 0 Å². The molecule has 0 saturated carbocycles. The predicted molar refractivity (Wildman–Crippen MR) is 137 cm³/mol. The number of ether oxygens (including phenoxy) is 1. The van der Waals surface area contributed by atoms with Crippen LogP contribution < -0.4 is 4.74 Å². The normalized spacial score (nSPS) is 14.4. The van der Waals surface area contributed by atoms with E-state index in [0.717, 1.165) is 41.4 Å². The van der Waals surface area contributed by atoms with E-state index in [9.17, 15) is 0 Å². The molecule has 0 aliphatic carbocycles. The Morgan fingerprint density at radius 3 is 2.31 bits per heavy atom. The highest BCUT2D eigenvalue weighted by Gasteiger charge is 2.12. The zero-order valence-electron chi connectivity index (χ0n) is 20.1. The van der Waals surface area contributed by atoms with Gasteiger partial charge < -0.3 is 14.7 Å². The van der Waals surface area contributed by atoms with Crippen LogP contribution >= 0.6 is 0 Å². The molecule has 0 unspecified atom stereocenters. The topological polar surface area (TPSA) is 53.2 Å². The van der Waals surface area contributed by atoms with Gasteiger partial charge in [0.2, 0.25) is 0 Å². The Morgan fingerprint density at radius 1 is 0.875 bits per heavy atom. The molecule has 0 saturated heterocycles. The Kier molecular flexibility index (Phi) is 10.4. The third-order valence-corrected chi connectivity index (χ3v) is 5.96. The van der Waals surface area contributed by atoms with Gasteiger partial charge in [0.1, 0.15) is 5.75 Å². The summed E-state index contributed by atoms with van der Waals surface area (Å²) in [6, 6.07) is 6.14. The smallest absolute Gasteiger partial charge is 0.144 e. The standard InChI is InChI=1S/C28H41N3O/c1-3-5-6-7-8-9-10-11-12-13-15-23-17-18-24(30-23)21-27-28(32-20-4-2)22-26(31-27)25-16-14-19-29-25/h14,16-19,21-22,29,31H,3-13,15,20H2,1-2H3. The first-order chi connectivity index (χ1) is 15.8. The SMILES string of the molecule is CCCCCCCCCCCCC1=NC(=Cc2[nH]c(-c3ccc[nH]3)cc2OCCC)C=C1. The fourth-order valence-corrected chi connectivity index (χ4v) is 4.12. The molecular formula is C28H41N3O. The van der Waals surface area contributed by atoms with Gasteiger partial charge in [-0.15, -0.1) is 0 Å². The highest BCUT2D eigenvalue weighted by molar-refractivity contribution is 5.99. The number of unbranched alkanes of at least 4 members (excludes halogenated alkanes) is 9. The summed E-state index contributed by atoms with van der Waals surface area (Å²) in [6.07, 6.45) is 24.0. The van der Waals surface area contributed by atoms with Gasteiger partial charge in [-0.05, 0) is 49.6 Å². The first-order valence-corrected chi connectivity index (χ1v) is 12.8. The average molecular weight is 436 g/mol. The molecule has 4 heteroatoms. The molecule has 3 rings (SSSR count). The third-order valence-electron chi connectivity index (χ3n) is 5.96. The van der Waals surface area contributed by atoms with E-state index in [4.69, 9.17) is 9.73 Å². The number of rotatable bonds is 16. The number of allylic oxidation sites excluding steroid dienone is 2. The van der Waals surface area contributed by atoms with Gasteiger partial charge in [0.25, 0.3) is 0 Å². The Labute approximate surface area is 194 Å². The second-order valence-electron chi connectivity index (χ2n) is 8.83. The van der Waals surface area contributed by atoms with Crippen molar-refractivity contribution in [2.24, 2.45) is 4.99 Å². The van der Waals surface area contributed by atoms with E-state index < -0.39 is 0 Å². The van der Waals surface area contributed by atoms with E-state index in [1.807, 2.05) is 12.3 Å². The summed E-state index contributed by atoms with van der Waals surface area (Å²) in [7, 11) is 0. The van der Waals surface area contributed by atoms with Gasteiger partial charge in [0.05, 0.1) is 29.4 Å². The molecule has 0 fully saturated rings. The second kappa shape index (κ2) is 13.8. The molecule has 0 aromatic carbocycles. The van der Waals surface area contributed by atoms with Crippen molar-refractivity contribution in [1.29, 1.82) is 0 Å². The van der Waals surface area contributed by atoms with E-state index in [1.54, 1.807) is 0 Å². The zero-order chi connectivity index (χ0) is 22.4. The lowest BCUT2D eigenvalue weighted by atomic mass is 10.0. The monoisotopic (exact) mass is 435 g/mol. The minimum absolute atomic E-state index is 0.710. The molecule has 1 aliphatic rings. The maximum atomic E-state index is 5.98. The molecule has 2 aromatic heterocycles. The maximum Gasteiger partial charge on any atom is 0.144 e. The summed E-state index contributed by atoms with van der Waals surface area (Å²) in [5, 5.41) is 0. The van der Waals surface area contributed by atoms with Crippen molar-refractivity contribution < 1.29 is 4.74 Å². The summed E-state index contributed by atoms with van der Waals surface area (Å²) in [6.45, 7) is 5.12. The fraction of sp³-hybridized carbons (Fsp3) is 0.536. The third kappa shape index (κ3) is 7.89. The summed E-state index contributed by atoms with van der Waals surface area (Å²) in [4.78, 5) is 11.6. The molecule has 32 heavy (non-hydrogen) atoms. The molecule has 1 aliphatic heterocycles. The number of aromatic nitrogens is 2. The Hall–Kier alpha value is -2.49. The number of aromatic amines is 2. The molecule has 3 heterocycles. The van der Waals surface area contributed by atoms with Crippen LogP contribution in [-0.4, -0.2) is 22.3 Å². The van der Waals surface area contributed by atoms with Gasteiger partial charge in [0, 0.05) is 18.0 Å². The molecule has 2 aromatic rings. The largest absolute Gasteiger partial charge is 0.491 e. The number of H-pyrrole nitrogens is 2. The molecule has 0 atom stereocenters. The minimum Gasteiger partial charge on any atom is -0.491 e. The van der Waals surface area contributed by atoms with Crippen molar-refractivity contribution in [1.82, 2.24) is 9.97 Å². The fourth-order valence-electron chi connectivity index (χ4n) is 4.12. The van der Waals surface area contributed by atoms with Crippen molar-refractivity contribution in [3.63, 3.8) is 0 Å². The van der Waals surface area contributed by atoms with Gasteiger partial charge in [-0.2, -0.15) is 0 Å². The number of nitrogens with one attached hydrogen (secondary N) is 2. The zero-order valence-corrected chi connectivity index (χ0v) is 20.1. The number of aliphatic imine (C=N–C) groups is 1. The van der Waals surface area contributed by atoms with Crippen LogP contribution in [0.5, 0.6) is 5.75 Å². The first kappa shape index (κ1) is 24.2. The van der Waals surface area contributed by atoms with E-state index >= 15 is 0 Å². The maximum absolute atomic E-state index is 5.98. The Balaban J connectivity index is 1.45. The minimum atomic E-state index is 0.710. The van der Waals surface area contributed by atoms with E-state index in [1.165, 1.54) is 69.9 Å². The molecule has 0 radical (unpaired) electrons. The van der Waals surface area contributed by atoms with Crippen LogP contribution in [0.3, 0.4) is 0 Å². The molecular weight excluding hydrogens is 394 g/mol. The highest BCUT2D eigenvalue weighted by Crippen LogP contribution is 2.29. The van der Waals surface area contributed by atoms with Gasteiger partial charge in [0.15, 0.2) is 0 Å². The van der Waals surface area contributed by atoms with Crippen LogP contribution in [0.2, 0.25) is 0 Å². The van der Waals surface area contributed by atoms with Crippen LogP contribution in [0.4, 0.5) is 0 Å². The Bertz CT molecular complexity index is 871. The van der Waals surface area contributed by atoms with Gasteiger partial charge in [-0.25, -0.2) is 0 Å². The number of nitrogens with zero attached hydrogens (tertiary/aromatic N) is 1. The molecule has 0 amide bonds. The molecule has 174 valence electrons. The number of hydrogen-bond donors (Lipinski definition) is 2. The summed E-state index contributed by atoms with van der Waals surface area (Å²) in [5.41, 5.74) is 5.26. The molecule has 4 nitrogen and oxygen atoms in total. The number of hydrogen-bond acceptors (Lipinski definition) is 2. The lowest BCUT2D eigenvalue weighted by Gasteiger charge is -2.03. The summed E-state index contributed by atoms with van der Waals surface area (Å²) >= 11 is 0. The van der Waals surface area contributed by atoms with Crippen molar-refractivity contribution in [2.75, 3.05) is 6.61 Å². The van der Waals surface area contributed by atoms with E-state index in [0.29, 0.717) is 6.61 Å². The van der Waals surface area contributed by atoms with Crippen molar-refractivity contribution >= 4 is 11.8 Å². The van der Waals surface area contributed by atoms with Gasteiger partial charge in [-0.1, -0.05) is 71.6 Å². The first-order valence-electron chi connectivity index (χ1n) is 12.8. The lowest BCUT2D eigenvalue weighted by Crippen LogP contribution is -1.95. The predicted octanol–water partition coefficient (Wildman–Crippen LogP) is 8.46. The highest BCUT2D eigenvalue weighted by atomic mass is 16.5. The van der Waals surface area contributed by atoms with Crippen LogP contribution in [0.25, 0.3) is 17.5 Å². The van der Waals surface area contributed by atoms with Crippen molar-refractivity contribution in [3.8, 4) is 17.1 Å². The van der Waals surface area contributed by atoms with Crippen LogP contribution in [0.1, 0.15) is 96.6 Å².